The molecule has 82 valence electrons. The summed E-state index contributed by atoms with van der Waals surface area (Å²) in [7, 11) is 0. The molecule has 0 bridgehead atoms. The van der Waals surface area contributed by atoms with Crippen molar-refractivity contribution in [1.29, 1.82) is 0 Å². The first kappa shape index (κ1) is 11.2. The third-order valence-corrected chi connectivity index (χ3v) is 1.91. The fourth-order valence-corrected chi connectivity index (χ4v) is 1.14. The maximum Gasteiger partial charge on any atom is 0.324 e. The number of carbonyl (C=O) groups is 1. The minimum Gasteiger partial charge on any atom is -0.334 e. The second-order valence-corrected chi connectivity index (χ2v) is 3.05. The Morgan fingerprint density at radius 1 is 1.50 bits per heavy atom. The van der Waals surface area contributed by atoms with Crippen molar-refractivity contribution < 1.29 is 22.4 Å². The molecular formula is C7H10F4N2O. The number of carbonyl (C=O) groups excluding carboxylic acids is 1. The van der Waals surface area contributed by atoms with Gasteiger partial charge in [-0.25, -0.2) is 8.78 Å². The van der Waals surface area contributed by atoms with Crippen LogP contribution in [0.25, 0.3) is 0 Å². The van der Waals surface area contributed by atoms with Gasteiger partial charge < -0.3 is 10.2 Å². The van der Waals surface area contributed by atoms with Crippen molar-refractivity contribution in [2.24, 2.45) is 0 Å². The zero-order valence-electron chi connectivity index (χ0n) is 7.27. The molecule has 1 N–H and O–H groups in total. The molecule has 0 atom stereocenters. The van der Waals surface area contributed by atoms with E-state index in [1.54, 1.807) is 0 Å². The zero-order valence-corrected chi connectivity index (χ0v) is 7.27. The minimum absolute atomic E-state index is 0.0428. The van der Waals surface area contributed by atoms with Crippen molar-refractivity contribution >= 4 is 5.91 Å². The lowest BCUT2D eigenvalue weighted by Crippen LogP contribution is -2.53. The molecule has 1 fully saturated rings. The van der Waals surface area contributed by atoms with E-state index in [4.69, 9.17) is 0 Å². The predicted molar refractivity (Wildman–Crippen MR) is 40.4 cm³/mol. The summed E-state index contributed by atoms with van der Waals surface area (Å²) in [4.78, 5) is 11.7. The molecular weight excluding hydrogens is 204 g/mol. The third-order valence-electron chi connectivity index (χ3n) is 1.91. The van der Waals surface area contributed by atoms with Gasteiger partial charge in [0, 0.05) is 13.1 Å². The number of hydrogen-bond acceptors (Lipinski definition) is 2. The van der Waals surface area contributed by atoms with Gasteiger partial charge in [0.1, 0.15) is 0 Å². The maximum atomic E-state index is 12.5. The van der Waals surface area contributed by atoms with Crippen LogP contribution in [0.3, 0.4) is 0 Å². The van der Waals surface area contributed by atoms with Crippen LogP contribution in [0.5, 0.6) is 0 Å². The van der Waals surface area contributed by atoms with E-state index in [-0.39, 0.29) is 13.1 Å². The third kappa shape index (κ3) is 2.57. The van der Waals surface area contributed by atoms with Crippen LogP contribution in [0, 0.1) is 0 Å². The van der Waals surface area contributed by atoms with Gasteiger partial charge >= 0.3 is 12.3 Å². The molecule has 1 amide bonds. The van der Waals surface area contributed by atoms with Crippen LogP contribution in [0.15, 0.2) is 0 Å². The maximum absolute atomic E-state index is 12.5. The minimum atomic E-state index is -4.12. The van der Waals surface area contributed by atoms with E-state index in [1.807, 2.05) is 0 Å². The van der Waals surface area contributed by atoms with Crippen LogP contribution in [0.2, 0.25) is 0 Å². The molecule has 1 aliphatic rings. The first-order valence-electron chi connectivity index (χ1n) is 4.08. The van der Waals surface area contributed by atoms with Crippen LogP contribution in [-0.4, -0.2) is 49.3 Å². The Kier molecular flexibility index (Phi) is 3.30. The zero-order chi connectivity index (χ0) is 10.8. The molecule has 1 saturated heterocycles. The topological polar surface area (TPSA) is 32.3 Å². The van der Waals surface area contributed by atoms with Gasteiger partial charge in [0.15, 0.2) is 0 Å². The van der Waals surface area contributed by atoms with E-state index in [0.29, 0.717) is 6.54 Å². The fraction of sp³-hybridized carbons (Fsp3) is 0.857. The molecule has 1 heterocycles. The highest BCUT2D eigenvalue weighted by molar-refractivity contribution is 5.79. The number of alkyl halides is 4. The molecule has 0 aromatic rings. The summed E-state index contributed by atoms with van der Waals surface area (Å²) >= 11 is 0. The summed E-state index contributed by atoms with van der Waals surface area (Å²) in [6.07, 6.45) is -3.73. The lowest BCUT2D eigenvalue weighted by molar-refractivity contribution is -0.157. The second-order valence-electron chi connectivity index (χ2n) is 3.05. The van der Waals surface area contributed by atoms with Gasteiger partial charge in [-0.1, -0.05) is 0 Å². The van der Waals surface area contributed by atoms with Crippen molar-refractivity contribution in [1.82, 2.24) is 10.2 Å². The number of halogens is 4. The van der Waals surface area contributed by atoms with E-state index < -0.39 is 24.8 Å². The van der Waals surface area contributed by atoms with E-state index in [0.717, 1.165) is 4.90 Å². The highest BCUT2D eigenvalue weighted by atomic mass is 19.3. The summed E-state index contributed by atoms with van der Waals surface area (Å²) in [5.41, 5.74) is 0. The standard InChI is InChI=1S/C7H10F4N2O/c8-6(9)7(10,11)4-13-2-1-12-3-5(13)14/h6,12H,1-4H2. The SMILES string of the molecule is O=C1CNCCN1CC(F)(F)C(F)F. The van der Waals surface area contributed by atoms with Crippen molar-refractivity contribution in [3.8, 4) is 0 Å². The number of nitrogens with one attached hydrogen (secondary N) is 1. The Labute approximate surface area is 78.1 Å². The smallest absolute Gasteiger partial charge is 0.324 e. The van der Waals surface area contributed by atoms with Crippen LogP contribution in [-0.2, 0) is 4.79 Å². The molecule has 0 radical (unpaired) electrons. The molecule has 0 aromatic carbocycles. The quantitative estimate of drug-likeness (QED) is 0.686. The summed E-state index contributed by atoms with van der Waals surface area (Å²) in [6, 6.07) is 0. The Morgan fingerprint density at radius 2 is 2.14 bits per heavy atom. The fourth-order valence-electron chi connectivity index (χ4n) is 1.14. The Balaban J connectivity index is 2.53. The molecule has 14 heavy (non-hydrogen) atoms. The van der Waals surface area contributed by atoms with Gasteiger partial charge in [0.05, 0.1) is 13.1 Å². The van der Waals surface area contributed by atoms with E-state index in [9.17, 15) is 22.4 Å². The Bertz CT molecular complexity index is 222. The van der Waals surface area contributed by atoms with Crippen molar-refractivity contribution in [3.05, 3.63) is 0 Å². The van der Waals surface area contributed by atoms with Gasteiger partial charge in [-0.05, 0) is 0 Å². The molecule has 7 heteroatoms. The lowest BCUT2D eigenvalue weighted by Gasteiger charge is -2.30. The highest BCUT2D eigenvalue weighted by Crippen LogP contribution is 2.24. The van der Waals surface area contributed by atoms with Crippen molar-refractivity contribution in [3.63, 3.8) is 0 Å². The molecule has 1 rings (SSSR count). The Morgan fingerprint density at radius 3 is 2.64 bits per heavy atom. The van der Waals surface area contributed by atoms with Gasteiger partial charge in [0.25, 0.3) is 0 Å². The summed E-state index contributed by atoms with van der Waals surface area (Å²) < 4.78 is 48.7. The average Bonchev–Trinajstić information content (AvgIpc) is 2.08. The normalized spacial score (nSPS) is 19.2. The first-order chi connectivity index (χ1) is 6.43. The monoisotopic (exact) mass is 214 g/mol. The van der Waals surface area contributed by atoms with Crippen LogP contribution in [0.4, 0.5) is 17.6 Å². The molecule has 0 aromatic heterocycles. The molecule has 0 aliphatic carbocycles. The predicted octanol–water partition coefficient (Wildman–Crippen LogP) is 0.319. The van der Waals surface area contributed by atoms with E-state index in [2.05, 4.69) is 5.32 Å². The molecule has 0 saturated carbocycles. The number of rotatable bonds is 3. The van der Waals surface area contributed by atoms with Gasteiger partial charge in [0.2, 0.25) is 5.91 Å². The van der Waals surface area contributed by atoms with Crippen LogP contribution in [0.1, 0.15) is 0 Å². The Hall–Kier alpha value is -0.850. The molecule has 1 aliphatic heterocycles. The van der Waals surface area contributed by atoms with E-state index in [1.165, 1.54) is 0 Å². The summed E-state index contributed by atoms with van der Waals surface area (Å²) in [6.45, 7) is -0.878. The van der Waals surface area contributed by atoms with Crippen molar-refractivity contribution in [2.45, 2.75) is 12.3 Å². The second kappa shape index (κ2) is 4.12. The molecule has 0 spiro atoms. The number of nitrogens with zero attached hydrogens (tertiary/aromatic N) is 1. The number of amides is 1. The van der Waals surface area contributed by atoms with Crippen LogP contribution < -0.4 is 5.32 Å². The van der Waals surface area contributed by atoms with Gasteiger partial charge in [-0.15, -0.1) is 0 Å². The van der Waals surface area contributed by atoms with Gasteiger partial charge in [-0.2, -0.15) is 8.78 Å². The van der Waals surface area contributed by atoms with Crippen molar-refractivity contribution in [2.75, 3.05) is 26.2 Å². The molecule has 3 nitrogen and oxygen atoms in total. The largest absolute Gasteiger partial charge is 0.334 e. The number of hydrogen-bond donors (Lipinski definition) is 1. The van der Waals surface area contributed by atoms with E-state index >= 15 is 0 Å². The average molecular weight is 214 g/mol. The summed E-state index contributed by atoms with van der Waals surface area (Å²) in [5.74, 6) is -4.69. The molecule has 0 unspecified atom stereocenters. The van der Waals surface area contributed by atoms with Crippen LogP contribution >= 0.6 is 0 Å². The summed E-state index contributed by atoms with van der Waals surface area (Å²) in [5, 5.41) is 2.66. The highest BCUT2D eigenvalue weighted by Gasteiger charge is 2.43. The first-order valence-corrected chi connectivity index (χ1v) is 4.08. The number of piperazine rings is 1. The lowest BCUT2D eigenvalue weighted by atomic mass is 10.2. The van der Waals surface area contributed by atoms with Gasteiger partial charge in [-0.3, -0.25) is 4.79 Å².